The first-order valence-corrected chi connectivity index (χ1v) is 5.72. The molecule has 2 rings (SSSR count). The number of nitrogens with zero attached hydrogens (tertiary/aromatic N) is 2. The van der Waals surface area contributed by atoms with Gasteiger partial charge in [-0.05, 0) is 18.1 Å². The van der Waals surface area contributed by atoms with Gasteiger partial charge >= 0.3 is 0 Å². The zero-order valence-electron chi connectivity index (χ0n) is 10.0. The van der Waals surface area contributed by atoms with Crippen LogP contribution in [0.3, 0.4) is 0 Å². The average Bonchev–Trinajstić information content (AvgIpc) is 2.38. The van der Waals surface area contributed by atoms with Gasteiger partial charge in [-0.25, -0.2) is 0 Å². The van der Waals surface area contributed by atoms with Gasteiger partial charge in [-0.15, -0.1) is 0 Å². The van der Waals surface area contributed by atoms with Gasteiger partial charge in [-0.2, -0.15) is 0 Å². The highest BCUT2D eigenvalue weighted by Crippen LogP contribution is 2.19. The van der Waals surface area contributed by atoms with Crippen molar-refractivity contribution in [1.29, 1.82) is 0 Å². The van der Waals surface area contributed by atoms with Crippen LogP contribution in [-0.2, 0) is 6.42 Å². The lowest BCUT2D eigenvalue weighted by Gasteiger charge is -2.20. The standard InChI is InChI=1S/C14H17N3/c1-17(14-7-9-16-11-13(14)15)10-8-12-5-3-2-4-6-12/h2-7,9,11H,8,10,15H2,1H3. The van der Waals surface area contributed by atoms with E-state index in [1.165, 1.54) is 5.56 Å². The number of anilines is 2. The smallest absolute Gasteiger partial charge is 0.0738 e. The van der Waals surface area contributed by atoms with Gasteiger partial charge in [-0.3, -0.25) is 4.98 Å². The Morgan fingerprint density at radius 1 is 1.18 bits per heavy atom. The van der Waals surface area contributed by atoms with Gasteiger partial charge < -0.3 is 10.6 Å². The molecular formula is C14H17N3. The van der Waals surface area contributed by atoms with Crippen molar-refractivity contribution in [1.82, 2.24) is 4.98 Å². The molecule has 2 N–H and O–H groups in total. The van der Waals surface area contributed by atoms with Gasteiger partial charge in [0, 0.05) is 19.8 Å². The lowest BCUT2D eigenvalue weighted by Crippen LogP contribution is -2.21. The predicted molar refractivity (Wildman–Crippen MR) is 72.1 cm³/mol. The molecule has 0 spiro atoms. The fourth-order valence-electron chi connectivity index (χ4n) is 1.81. The number of hydrogen-bond donors (Lipinski definition) is 1. The molecule has 0 fully saturated rings. The molecule has 0 amide bonds. The second-order valence-electron chi connectivity index (χ2n) is 4.09. The summed E-state index contributed by atoms with van der Waals surface area (Å²) < 4.78 is 0. The summed E-state index contributed by atoms with van der Waals surface area (Å²) in [5, 5.41) is 0. The van der Waals surface area contributed by atoms with E-state index in [-0.39, 0.29) is 0 Å². The van der Waals surface area contributed by atoms with Crippen molar-refractivity contribution in [2.75, 3.05) is 24.2 Å². The minimum atomic E-state index is 0.725. The fraction of sp³-hybridized carbons (Fsp3) is 0.214. The van der Waals surface area contributed by atoms with E-state index in [0.717, 1.165) is 24.3 Å². The Labute approximate surface area is 102 Å². The molecule has 0 saturated carbocycles. The van der Waals surface area contributed by atoms with Crippen LogP contribution in [0.1, 0.15) is 5.56 Å². The molecule has 1 aromatic heterocycles. The summed E-state index contributed by atoms with van der Waals surface area (Å²) in [6, 6.07) is 12.4. The Morgan fingerprint density at radius 3 is 2.65 bits per heavy atom. The van der Waals surface area contributed by atoms with Gasteiger partial charge in [-0.1, -0.05) is 30.3 Å². The molecule has 0 bridgehead atoms. The van der Waals surface area contributed by atoms with Gasteiger partial charge in [0.15, 0.2) is 0 Å². The Balaban J connectivity index is 1.99. The first-order chi connectivity index (χ1) is 8.27. The summed E-state index contributed by atoms with van der Waals surface area (Å²) in [7, 11) is 2.05. The van der Waals surface area contributed by atoms with E-state index >= 15 is 0 Å². The highest BCUT2D eigenvalue weighted by Gasteiger charge is 2.04. The SMILES string of the molecule is CN(CCc1ccccc1)c1ccncc1N. The molecule has 0 aliphatic rings. The van der Waals surface area contributed by atoms with E-state index < -0.39 is 0 Å². The molecule has 0 aliphatic carbocycles. The largest absolute Gasteiger partial charge is 0.396 e. The second-order valence-corrected chi connectivity index (χ2v) is 4.09. The molecule has 1 heterocycles. The number of nitrogens with two attached hydrogens (primary N) is 1. The van der Waals surface area contributed by atoms with Crippen LogP contribution in [0, 0.1) is 0 Å². The Kier molecular flexibility index (Phi) is 3.60. The molecule has 3 nitrogen and oxygen atoms in total. The van der Waals surface area contributed by atoms with E-state index in [9.17, 15) is 0 Å². The topological polar surface area (TPSA) is 42.2 Å². The van der Waals surface area contributed by atoms with E-state index in [2.05, 4.69) is 41.2 Å². The molecule has 2 aromatic rings. The van der Waals surface area contributed by atoms with Gasteiger partial charge in [0.25, 0.3) is 0 Å². The zero-order valence-corrected chi connectivity index (χ0v) is 10.0. The number of aromatic nitrogens is 1. The van der Waals surface area contributed by atoms with Crippen molar-refractivity contribution in [3.63, 3.8) is 0 Å². The highest BCUT2D eigenvalue weighted by molar-refractivity contribution is 5.65. The Morgan fingerprint density at radius 2 is 1.94 bits per heavy atom. The molecule has 0 aliphatic heterocycles. The first kappa shape index (κ1) is 11.5. The highest BCUT2D eigenvalue weighted by atomic mass is 15.1. The van der Waals surface area contributed by atoms with Crippen LogP contribution in [0.5, 0.6) is 0 Å². The van der Waals surface area contributed by atoms with E-state index in [1.54, 1.807) is 12.4 Å². The van der Waals surface area contributed by atoms with Crippen molar-refractivity contribution < 1.29 is 0 Å². The van der Waals surface area contributed by atoms with E-state index in [0.29, 0.717) is 0 Å². The number of rotatable bonds is 4. The summed E-state index contributed by atoms with van der Waals surface area (Å²) in [4.78, 5) is 6.15. The number of nitrogen functional groups attached to an aromatic ring is 1. The van der Waals surface area contributed by atoms with Gasteiger partial charge in [0.2, 0.25) is 0 Å². The summed E-state index contributed by atoms with van der Waals surface area (Å²) in [6.45, 7) is 0.943. The first-order valence-electron chi connectivity index (χ1n) is 5.72. The molecular weight excluding hydrogens is 210 g/mol. The molecule has 3 heteroatoms. The molecule has 1 aromatic carbocycles. The van der Waals surface area contributed by atoms with E-state index in [1.807, 2.05) is 12.1 Å². The summed E-state index contributed by atoms with van der Waals surface area (Å²) in [5.74, 6) is 0. The third-order valence-electron chi connectivity index (χ3n) is 2.82. The third kappa shape index (κ3) is 2.97. The van der Waals surface area contributed by atoms with Crippen molar-refractivity contribution in [2.24, 2.45) is 0 Å². The maximum absolute atomic E-state index is 5.89. The minimum Gasteiger partial charge on any atom is -0.396 e. The maximum atomic E-state index is 5.89. The monoisotopic (exact) mass is 227 g/mol. The third-order valence-corrected chi connectivity index (χ3v) is 2.82. The van der Waals surface area contributed by atoms with Crippen molar-refractivity contribution in [3.8, 4) is 0 Å². The predicted octanol–water partition coefficient (Wildman–Crippen LogP) is 2.34. The van der Waals surface area contributed by atoms with Crippen LogP contribution >= 0.6 is 0 Å². The number of pyridine rings is 1. The molecule has 0 saturated heterocycles. The lowest BCUT2D eigenvalue weighted by molar-refractivity contribution is 0.877. The quantitative estimate of drug-likeness (QED) is 0.871. The number of likely N-dealkylation sites (N-methyl/N-ethyl adjacent to an activating group) is 1. The second kappa shape index (κ2) is 5.34. The summed E-state index contributed by atoms with van der Waals surface area (Å²) in [5.41, 5.74) is 8.99. The normalized spacial score (nSPS) is 10.2. The van der Waals surface area contributed by atoms with Gasteiger partial charge in [0.1, 0.15) is 0 Å². The Hall–Kier alpha value is -2.03. The molecule has 88 valence electrons. The number of hydrogen-bond acceptors (Lipinski definition) is 3. The molecule has 0 atom stereocenters. The Bertz CT molecular complexity index is 468. The average molecular weight is 227 g/mol. The van der Waals surface area contributed by atoms with Crippen LogP contribution in [0.2, 0.25) is 0 Å². The zero-order chi connectivity index (χ0) is 12.1. The minimum absolute atomic E-state index is 0.725. The summed E-state index contributed by atoms with van der Waals surface area (Å²) >= 11 is 0. The van der Waals surface area contributed by atoms with Crippen molar-refractivity contribution in [3.05, 3.63) is 54.4 Å². The summed E-state index contributed by atoms with van der Waals surface area (Å²) in [6.07, 6.45) is 4.47. The molecule has 0 unspecified atom stereocenters. The van der Waals surface area contributed by atoms with Gasteiger partial charge in [0.05, 0.1) is 17.6 Å². The van der Waals surface area contributed by atoms with Crippen LogP contribution in [0.25, 0.3) is 0 Å². The van der Waals surface area contributed by atoms with Crippen molar-refractivity contribution in [2.45, 2.75) is 6.42 Å². The number of benzene rings is 1. The van der Waals surface area contributed by atoms with Crippen LogP contribution in [-0.4, -0.2) is 18.6 Å². The molecule has 17 heavy (non-hydrogen) atoms. The fourth-order valence-corrected chi connectivity index (χ4v) is 1.81. The maximum Gasteiger partial charge on any atom is 0.0738 e. The van der Waals surface area contributed by atoms with E-state index in [4.69, 9.17) is 5.73 Å². The molecule has 0 radical (unpaired) electrons. The van der Waals surface area contributed by atoms with Crippen LogP contribution in [0.15, 0.2) is 48.8 Å². The lowest BCUT2D eigenvalue weighted by atomic mass is 10.1. The van der Waals surface area contributed by atoms with Crippen molar-refractivity contribution >= 4 is 11.4 Å². The van der Waals surface area contributed by atoms with Crippen LogP contribution < -0.4 is 10.6 Å². The van der Waals surface area contributed by atoms with Crippen LogP contribution in [0.4, 0.5) is 11.4 Å².